The van der Waals surface area contributed by atoms with Crippen LogP contribution in [0.1, 0.15) is 0 Å². The number of rotatable bonds is 4. The summed E-state index contributed by atoms with van der Waals surface area (Å²) in [4.78, 5) is 0. The molecule has 1 aromatic rings. The first-order chi connectivity index (χ1) is 6.41. The summed E-state index contributed by atoms with van der Waals surface area (Å²) in [6.45, 7) is 8.81. The van der Waals surface area contributed by atoms with E-state index >= 15 is 0 Å². The second kappa shape index (κ2) is 19.5. The molecule has 3 heteroatoms. The van der Waals surface area contributed by atoms with E-state index in [1.807, 2.05) is 42.5 Å². The minimum Gasteiger partial charge on any atom is -0.310 e. The van der Waals surface area contributed by atoms with Crippen molar-refractivity contribution in [1.29, 1.82) is 0 Å². The van der Waals surface area contributed by atoms with Crippen molar-refractivity contribution in [2.45, 2.75) is 0 Å². The van der Waals surface area contributed by atoms with Crippen LogP contribution in [-0.4, -0.2) is 36.1 Å². The van der Waals surface area contributed by atoms with Crippen molar-refractivity contribution in [2.75, 3.05) is 13.1 Å². The fourth-order valence-electron chi connectivity index (χ4n) is 0.629. The Morgan fingerprint density at radius 2 is 1.47 bits per heavy atom. The summed E-state index contributed by atoms with van der Waals surface area (Å²) in [5.41, 5.74) is 0. The van der Waals surface area contributed by atoms with Gasteiger partial charge in [0, 0.05) is 13.1 Å². The van der Waals surface area contributed by atoms with Crippen LogP contribution in [0.2, 0.25) is 0 Å². The molecule has 0 bridgehead atoms. The Morgan fingerprint density at radius 1 is 1.00 bits per heavy atom. The molecule has 0 aliphatic carbocycles. The zero-order chi connectivity index (χ0) is 9.78. The number of hydrogen-bond donors (Lipinski definition) is 1. The SMILES string of the molecule is Br.C=CCNCC=C.[Mg+2].[c-]1ccccc1. The van der Waals surface area contributed by atoms with Crippen LogP contribution in [-0.2, 0) is 0 Å². The maximum Gasteiger partial charge on any atom is 2.00 e. The molecule has 0 saturated heterocycles. The number of benzene rings is 1. The predicted molar refractivity (Wildman–Crippen MR) is 74.6 cm³/mol. The largest absolute Gasteiger partial charge is 2.00 e. The molecule has 0 fully saturated rings. The molecule has 78 valence electrons. The Hall–Kier alpha value is -0.0938. The standard InChI is InChI=1S/C6H11N.C6H5.BrH.Mg/c1-3-5-7-6-4-2;1-2-4-6-5-3-1;;/h3-4,7H,1-2,5-6H2;1-5H;1H;/q;-1;;+2. The van der Waals surface area contributed by atoms with E-state index in [1.54, 1.807) is 0 Å². The quantitative estimate of drug-likeness (QED) is 0.387. The van der Waals surface area contributed by atoms with Gasteiger partial charge in [-0.05, 0) is 0 Å². The van der Waals surface area contributed by atoms with Gasteiger partial charge in [0.05, 0.1) is 0 Å². The van der Waals surface area contributed by atoms with Gasteiger partial charge in [0.1, 0.15) is 0 Å². The number of hydrogen-bond acceptors (Lipinski definition) is 1. The van der Waals surface area contributed by atoms with Gasteiger partial charge >= 0.3 is 23.1 Å². The van der Waals surface area contributed by atoms with E-state index in [4.69, 9.17) is 0 Å². The van der Waals surface area contributed by atoms with Crippen molar-refractivity contribution in [3.8, 4) is 0 Å². The first-order valence-electron chi connectivity index (χ1n) is 4.25. The van der Waals surface area contributed by atoms with E-state index in [0.717, 1.165) is 13.1 Å². The summed E-state index contributed by atoms with van der Waals surface area (Å²) in [7, 11) is 0. The molecule has 1 aromatic carbocycles. The van der Waals surface area contributed by atoms with Crippen molar-refractivity contribution in [3.05, 3.63) is 61.7 Å². The Balaban J connectivity index is -0.000000170. The van der Waals surface area contributed by atoms with Gasteiger partial charge in [0.2, 0.25) is 0 Å². The van der Waals surface area contributed by atoms with Crippen molar-refractivity contribution >= 4 is 40.0 Å². The average Bonchev–Trinajstić information content (AvgIpc) is 2.22. The summed E-state index contributed by atoms with van der Waals surface area (Å²) >= 11 is 0. The topological polar surface area (TPSA) is 12.0 Å². The summed E-state index contributed by atoms with van der Waals surface area (Å²) in [6.07, 6.45) is 3.65. The van der Waals surface area contributed by atoms with Crippen LogP contribution in [0.5, 0.6) is 0 Å². The zero-order valence-electron chi connectivity index (χ0n) is 8.99. The Kier molecular flexibility index (Phi) is 26.4. The molecular formula is C12H17BrMgN+. The Labute approximate surface area is 120 Å². The first-order valence-corrected chi connectivity index (χ1v) is 4.25. The molecule has 0 radical (unpaired) electrons. The molecular weight excluding hydrogens is 262 g/mol. The van der Waals surface area contributed by atoms with Crippen LogP contribution in [0.3, 0.4) is 0 Å². The summed E-state index contributed by atoms with van der Waals surface area (Å²) < 4.78 is 0. The second-order valence-electron chi connectivity index (χ2n) is 2.31. The van der Waals surface area contributed by atoms with Crippen molar-refractivity contribution < 1.29 is 0 Å². The minimum absolute atomic E-state index is 0. The van der Waals surface area contributed by atoms with Gasteiger partial charge in [0.15, 0.2) is 0 Å². The maximum atomic E-state index is 3.54. The molecule has 0 heterocycles. The van der Waals surface area contributed by atoms with Crippen LogP contribution < -0.4 is 5.32 Å². The van der Waals surface area contributed by atoms with Crippen LogP contribution in [0.15, 0.2) is 55.6 Å². The molecule has 0 unspecified atom stereocenters. The predicted octanol–water partition coefficient (Wildman–Crippen LogP) is 2.63. The molecule has 1 nitrogen and oxygen atoms in total. The fourth-order valence-corrected chi connectivity index (χ4v) is 0.629. The van der Waals surface area contributed by atoms with E-state index in [-0.39, 0.29) is 40.0 Å². The van der Waals surface area contributed by atoms with Crippen molar-refractivity contribution in [1.82, 2.24) is 5.32 Å². The van der Waals surface area contributed by atoms with E-state index in [2.05, 4.69) is 24.5 Å². The zero-order valence-corrected chi connectivity index (χ0v) is 12.1. The van der Waals surface area contributed by atoms with Crippen LogP contribution in [0.25, 0.3) is 0 Å². The van der Waals surface area contributed by atoms with E-state index in [0.29, 0.717) is 0 Å². The molecule has 0 amide bonds. The molecule has 0 atom stereocenters. The molecule has 0 spiro atoms. The van der Waals surface area contributed by atoms with Gasteiger partial charge in [0.25, 0.3) is 0 Å². The number of nitrogens with one attached hydrogen (secondary N) is 1. The second-order valence-corrected chi connectivity index (χ2v) is 2.31. The molecule has 15 heavy (non-hydrogen) atoms. The summed E-state index contributed by atoms with van der Waals surface area (Å²) in [5, 5.41) is 3.05. The normalized spacial score (nSPS) is 6.93. The first kappa shape index (κ1) is 20.3. The van der Waals surface area contributed by atoms with Gasteiger partial charge in [-0.3, -0.25) is 0 Å². The van der Waals surface area contributed by atoms with Crippen LogP contribution in [0.4, 0.5) is 0 Å². The van der Waals surface area contributed by atoms with Crippen molar-refractivity contribution in [3.63, 3.8) is 0 Å². The van der Waals surface area contributed by atoms with Crippen molar-refractivity contribution in [2.24, 2.45) is 0 Å². The average molecular weight is 279 g/mol. The third-order valence-corrected chi connectivity index (χ3v) is 1.18. The Morgan fingerprint density at radius 3 is 1.67 bits per heavy atom. The number of halogens is 1. The monoisotopic (exact) mass is 278 g/mol. The molecule has 0 aromatic heterocycles. The van der Waals surface area contributed by atoms with Gasteiger partial charge in [-0.1, -0.05) is 12.2 Å². The summed E-state index contributed by atoms with van der Waals surface area (Å²) in [6, 6.07) is 12.5. The fraction of sp³-hybridized carbons (Fsp3) is 0.167. The Bertz CT molecular complexity index is 179. The third kappa shape index (κ3) is 20.1. The van der Waals surface area contributed by atoms with Crippen LogP contribution >= 0.6 is 17.0 Å². The van der Waals surface area contributed by atoms with Gasteiger partial charge < -0.3 is 5.32 Å². The van der Waals surface area contributed by atoms with Gasteiger partial charge in [-0.25, -0.2) is 0 Å². The molecule has 0 aliphatic heterocycles. The van der Waals surface area contributed by atoms with Crippen LogP contribution in [0, 0.1) is 6.07 Å². The minimum atomic E-state index is 0. The molecule has 1 rings (SSSR count). The van der Waals surface area contributed by atoms with E-state index in [1.165, 1.54) is 0 Å². The van der Waals surface area contributed by atoms with E-state index in [9.17, 15) is 0 Å². The van der Waals surface area contributed by atoms with Gasteiger partial charge in [-0.15, -0.1) is 30.1 Å². The van der Waals surface area contributed by atoms with E-state index < -0.39 is 0 Å². The summed E-state index contributed by atoms with van der Waals surface area (Å²) in [5.74, 6) is 0. The molecule has 1 N–H and O–H groups in total. The van der Waals surface area contributed by atoms with Gasteiger partial charge in [-0.2, -0.15) is 36.4 Å². The third-order valence-electron chi connectivity index (χ3n) is 1.18. The molecule has 0 saturated carbocycles. The molecule has 0 aliphatic rings. The smallest absolute Gasteiger partial charge is 0.310 e. The maximum absolute atomic E-state index is 3.54.